The minimum Gasteiger partial charge on any atom is -0.468 e. The molecule has 0 aliphatic rings. The lowest BCUT2D eigenvalue weighted by Crippen LogP contribution is -2.59. The number of hydrogen-bond donors (Lipinski definition) is 12. The third-order valence-corrected chi connectivity index (χ3v) is 11.0. The van der Waals surface area contributed by atoms with Gasteiger partial charge in [0.1, 0.15) is 24.7 Å². The molecule has 0 saturated heterocycles. The number of rotatable bonds is 39. The van der Waals surface area contributed by atoms with Crippen molar-refractivity contribution in [2.45, 2.75) is 174 Å². The molecule has 0 unspecified atom stereocenters. The van der Waals surface area contributed by atoms with Crippen LogP contribution in [0.4, 0.5) is 0 Å². The Morgan fingerprint density at radius 3 is 1.55 bits per heavy atom. The molecule has 0 aromatic carbocycles. The fourth-order valence-electron chi connectivity index (χ4n) is 6.89. The maximum absolute atomic E-state index is 14.1. The van der Waals surface area contributed by atoms with Gasteiger partial charge < -0.3 is 65.3 Å². The van der Waals surface area contributed by atoms with Crippen LogP contribution in [0.2, 0.25) is 0 Å². The van der Waals surface area contributed by atoms with Gasteiger partial charge in [0.15, 0.2) is 17.7 Å². The number of nitrogens with one attached hydrogen (secondary N) is 7. The first kappa shape index (κ1) is 61.9. The summed E-state index contributed by atoms with van der Waals surface area (Å²) in [5.41, 5.74) is 27.8. The van der Waals surface area contributed by atoms with Crippen molar-refractivity contribution in [2.75, 3.05) is 46.4 Å². The lowest BCUT2D eigenvalue weighted by Gasteiger charge is -2.28. The fourth-order valence-corrected chi connectivity index (χ4v) is 6.89. The minimum atomic E-state index is -1.10. The van der Waals surface area contributed by atoms with Gasteiger partial charge in [0, 0.05) is 13.1 Å². The highest BCUT2D eigenvalue weighted by molar-refractivity contribution is 5.96. The molecule has 0 radical (unpaired) electrons. The number of nitrogens with two attached hydrogens (primary N) is 5. The van der Waals surface area contributed by atoms with Gasteiger partial charge in [0.2, 0.25) is 29.5 Å². The summed E-state index contributed by atoms with van der Waals surface area (Å²) in [5, 5.41) is 19.8. The molecule has 22 nitrogen and oxygen atoms in total. The number of methoxy groups -OCH3 is 1. The molecule has 22 heteroatoms. The van der Waals surface area contributed by atoms with E-state index in [-0.39, 0.29) is 62.1 Å². The van der Waals surface area contributed by atoms with Gasteiger partial charge in [-0.05, 0) is 83.2 Å². The quantitative estimate of drug-likeness (QED) is 0.0159. The van der Waals surface area contributed by atoms with Gasteiger partial charge in [0.05, 0.1) is 31.8 Å². The molecule has 0 aromatic heterocycles. The van der Waals surface area contributed by atoms with Crippen LogP contribution in [0.25, 0.3) is 0 Å². The van der Waals surface area contributed by atoms with E-state index in [0.717, 1.165) is 19.3 Å². The van der Waals surface area contributed by atoms with Gasteiger partial charge in [-0.1, -0.05) is 79.6 Å². The summed E-state index contributed by atoms with van der Waals surface area (Å²) < 4.78 is 4.56. The molecule has 0 bridgehead atoms. The van der Waals surface area contributed by atoms with Crippen LogP contribution in [0, 0.1) is 11.8 Å². The van der Waals surface area contributed by atoms with E-state index in [1.807, 2.05) is 0 Å². The Hall–Kier alpha value is -5.09. The number of guanidine groups is 2. The SMILES string of the molecule is CCCCCCCCCCN[C@@H](CCCN=C(N)N)C(=O)N[C@H](C(=O)N[C@@H](CCCCN)C(=O)N[C@@H](CCCN=C(N)N)C(=O)CN[C@@H](C)C(=O)N[C@H](C(=O)NCC(=O)OC)C(C)C)C(C)C. The summed E-state index contributed by atoms with van der Waals surface area (Å²) in [6.07, 6.45) is 11.7. The van der Waals surface area contributed by atoms with Crippen molar-refractivity contribution in [3.05, 3.63) is 0 Å². The highest BCUT2D eigenvalue weighted by Gasteiger charge is 2.33. The van der Waals surface area contributed by atoms with E-state index in [4.69, 9.17) is 28.7 Å². The van der Waals surface area contributed by atoms with Gasteiger partial charge in [-0.15, -0.1) is 0 Å². The third-order valence-electron chi connectivity index (χ3n) is 11.0. The van der Waals surface area contributed by atoms with Crippen LogP contribution in [0.15, 0.2) is 9.98 Å². The van der Waals surface area contributed by atoms with Gasteiger partial charge in [-0.25, -0.2) is 0 Å². The zero-order valence-electron chi connectivity index (χ0n) is 41.5. The number of ketones is 1. The number of ether oxygens (including phenoxy) is 1. The van der Waals surface area contributed by atoms with Gasteiger partial charge in [-0.2, -0.15) is 0 Å². The van der Waals surface area contributed by atoms with Gasteiger partial charge >= 0.3 is 5.97 Å². The molecule has 0 rings (SSSR count). The van der Waals surface area contributed by atoms with Crippen molar-refractivity contribution in [2.24, 2.45) is 50.5 Å². The maximum atomic E-state index is 14.1. The van der Waals surface area contributed by atoms with Crippen LogP contribution in [0.3, 0.4) is 0 Å². The Balaban J connectivity index is 6.10. The Morgan fingerprint density at radius 2 is 1.01 bits per heavy atom. The number of hydrogen-bond acceptors (Lipinski definition) is 13. The minimum absolute atomic E-state index is 0.0398. The lowest BCUT2D eigenvalue weighted by molar-refractivity contribution is -0.141. The van der Waals surface area contributed by atoms with E-state index >= 15 is 0 Å². The smallest absolute Gasteiger partial charge is 0.325 e. The molecule has 0 aliphatic carbocycles. The van der Waals surface area contributed by atoms with Crippen LogP contribution in [0.1, 0.15) is 138 Å². The maximum Gasteiger partial charge on any atom is 0.325 e. The molecule has 17 N–H and O–H groups in total. The number of amides is 5. The highest BCUT2D eigenvalue weighted by atomic mass is 16.5. The second-order valence-corrected chi connectivity index (χ2v) is 17.6. The number of carbonyl (C=O) groups is 7. The largest absolute Gasteiger partial charge is 0.468 e. The van der Waals surface area contributed by atoms with E-state index in [1.165, 1.54) is 46.1 Å². The van der Waals surface area contributed by atoms with E-state index in [0.29, 0.717) is 51.7 Å². The van der Waals surface area contributed by atoms with Crippen LogP contribution in [-0.2, 0) is 38.3 Å². The van der Waals surface area contributed by atoms with Gasteiger partial charge in [-0.3, -0.25) is 48.9 Å². The monoisotopic (exact) mass is 953 g/mol. The average molecular weight is 953 g/mol. The molecule has 0 saturated carbocycles. The van der Waals surface area contributed by atoms with Crippen molar-refractivity contribution in [3.8, 4) is 0 Å². The summed E-state index contributed by atoms with van der Waals surface area (Å²) in [7, 11) is 1.19. The van der Waals surface area contributed by atoms with E-state index in [1.54, 1.807) is 27.7 Å². The van der Waals surface area contributed by atoms with Crippen molar-refractivity contribution < 1.29 is 38.3 Å². The van der Waals surface area contributed by atoms with Crippen LogP contribution in [0.5, 0.6) is 0 Å². The second kappa shape index (κ2) is 37.0. The molecule has 0 spiro atoms. The highest BCUT2D eigenvalue weighted by Crippen LogP contribution is 2.11. The molecule has 6 atom stereocenters. The first-order valence-electron chi connectivity index (χ1n) is 24.2. The fraction of sp³-hybridized carbons (Fsp3) is 0.800. The number of Topliss-reactive ketones (excluding diaryl/α,β-unsaturated/α-hetero) is 1. The summed E-state index contributed by atoms with van der Waals surface area (Å²) in [6, 6.07) is -5.76. The van der Waals surface area contributed by atoms with Crippen LogP contribution in [-0.4, -0.2) is 136 Å². The Kier molecular flexibility index (Phi) is 34.2. The molecule has 5 amide bonds. The Morgan fingerprint density at radius 1 is 0.522 bits per heavy atom. The summed E-state index contributed by atoms with van der Waals surface area (Å²) in [6.45, 7) is 11.5. The van der Waals surface area contributed by atoms with E-state index in [9.17, 15) is 33.6 Å². The normalized spacial score (nSPS) is 13.8. The molecule has 67 heavy (non-hydrogen) atoms. The predicted molar refractivity (Wildman–Crippen MR) is 262 cm³/mol. The standard InChI is InChI=1S/C45H88N14O8/c1-8-9-10-11-12-13-14-17-24-51-33(22-19-26-53-45(49)50)40(63)59-38(30(4)5)43(66)57-34(20-15-16-23-46)41(64)56-32(21-18-25-52-44(47)48)35(60)27-54-31(6)39(62)58-37(29(2)3)42(65)55-28-36(61)67-7/h29-34,37-38,51,54H,8-28,46H2,1-7H3,(H,55,65)(H,56,64)(H,57,66)(H,58,62)(H,59,63)(H4,47,48,52)(H4,49,50,53)/t31-,32-,33-,34-,37-,38-/m0/s1. The van der Waals surface area contributed by atoms with Gasteiger partial charge in [0.25, 0.3) is 0 Å². The molecule has 0 fully saturated rings. The predicted octanol–water partition coefficient (Wildman–Crippen LogP) is -0.591. The molecular formula is C45H88N14O8. The summed E-state index contributed by atoms with van der Waals surface area (Å²) in [5.74, 6) is -4.77. The van der Waals surface area contributed by atoms with E-state index in [2.05, 4.69) is 58.9 Å². The number of nitrogens with zero attached hydrogens (tertiary/aromatic N) is 2. The number of unbranched alkanes of at least 4 members (excludes halogenated alkanes) is 8. The molecule has 0 heterocycles. The van der Waals surface area contributed by atoms with Crippen molar-refractivity contribution in [3.63, 3.8) is 0 Å². The van der Waals surface area contributed by atoms with Crippen molar-refractivity contribution >= 4 is 53.2 Å². The van der Waals surface area contributed by atoms with Crippen molar-refractivity contribution in [1.82, 2.24) is 37.2 Å². The second-order valence-electron chi connectivity index (χ2n) is 17.6. The topological polar surface area (TPSA) is 368 Å². The van der Waals surface area contributed by atoms with Crippen LogP contribution >= 0.6 is 0 Å². The first-order valence-corrected chi connectivity index (χ1v) is 24.2. The van der Waals surface area contributed by atoms with Crippen LogP contribution < -0.4 is 65.9 Å². The number of carbonyl (C=O) groups excluding carboxylic acids is 7. The Bertz CT molecular complexity index is 1540. The van der Waals surface area contributed by atoms with E-state index < -0.39 is 71.6 Å². The summed E-state index contributed by atoms with van der Waals surface area (Å²) >= 11 is 0. The first-order chi connectivity index (χ1) is 31.8. The Labute approximate surface area is 398 Å². The average Bonchev–Trinajstić information content (AvgIpc) is 3.27. The zero-order chi connectivity index (χ0) is 50.7. The molecule has 0 aromatic rings. The number of esters is 1. The molecular weight excluding hydrogens is 865 g/mol. The molecule has 386 valence electrons. The third kappa shape index (κ3) is 29.3. The molecule has 0 aliphatic heterocycles. The lowest BCUT2D eigenvalue weighted by atomic mass is 10.00. The zero-order valence-corrected chi connectivity index (χ0v) is 41.5. The van der Waals surface area contributed by atoms with Crippen molar-refractivity contribution in [1.29, 1.82) is 0 Å². The number of aliphatic imine (C=N–C) groups is 2. The summed E-state index contributed by atoms with van der Waals surface area (Å²) in [4.78, 5) is 101.